The first kappa shape index (κ1) is 11.0. The summed E-state index contributed by atoms with van der Waals surface area (Å²) in [4.78, 5) is 4.61. The lowest BCUT2D eigenvalue weighted by Gasteiger charge is -2.31. The fourth-order valence-corrected chi connectivity index (χ4v) is 2.91. The molecule has 0 aliphatic carbocycles. The molecule has 2 rings (SSSR count). The van der Waals surface area contributed by atoms with Crippen molar-refractivity contribution in [1.82, 2.24) is 4.98 Å². The van der Waals surface area contributed by atoms with E-state index in [2.05, 4.69) is 17.3 Å². The maximum atomic E-state index is 5.86. The molecule has 2 heterocycles. The lowest BCUT2D eigenvalue weighted by molar-refractivity contribution is -0.0702. The van der Waals surface area contributed by atoms with E-state index in [4.69, 9.17) is 10.5 Å². The first-order valence-corrected chi connectivity index (χ1v) is 6.41. The Balaban J connectivity index is 2.12. The summed E-state index contributed by atoms with van der Waals surface area (Å²) in [6.07, 6.45) is 4.37. The Kier molecular flexibility index (Phi) is 3.38. The normalized spacial score (nSPS) is 26.8. The van der Waals surface area contributed by atoms with Crippen molar-refractivity contribution in [2.24, 2.45) is 5.73 Å². The molecule has 2 N–H and O–H groups in total. The van der Waals surface area contributed by atoms with E-state index >= 15 is 0 Å². The summed E-state index contributed by atoms with van der Waals surface area (Å²) < 4.78 is 5.86. The average molecular weight is 226 g/mol. The highest BCUT2D eigenvalue weighted by Gasteiger charge is 2.32. The van der Waals surface area contributed by atoms with Gasteiger partial charge in [0.05, 0.1) is 5.69 Å². The summed E-state index contributed by atoms with van der Waals surface area (Å²) in [5, 5.41) is 3.22. The Morgan fingerprint density at radius 1 is 1.60 bits per heavy atom. The molecule has 1 unspecified atom stereocenters. The number of hydrogen-bond acceptors (Lipinski definition) is 4. The zero-order valence-corrected chi connectivity index (χ0v) is 9.98. The Hall–Kier alpha value is -0.450. The zero-order valence-electron chi connectivity index (χ0n) is 9.16. The molecule has 1 fully saturated rings. The van der Waals surface area contributed by atoms with Gasteiger partial charge >= 0.3 is 0 Å². The first-order chi connectivity index (χ1) is 7.24. The van der Waals surface area contributed by atoms with Gasteiger partial charge in [-0.3, -0.25) is 0 Å². The zero-order chi connectivity index (χ0) is 10.7. The van der Waals surface area contributed by atoms with E-state index in [0.29, 0.717) is 6.54 Å². The van der Waals surface area contributed by atoms with Crippen LogP contribution >= 0.6 is 11.3 Å². The quantitative estimate of drug-likeness (QED) is 0.858. The van der Waals surface area contributed by atoms with Crippen molar-refractivity contribution in [2.75, 3.05) is 13.2 Å². The van der Waals surface area contributed by atoms with E-state index in [0.717, 1.165) is 30.2 Å². The van der Waals surface area contributed by atoms with Gasteiger partial charge in [-0.05, 0) is 32.7 Å². The van der Waals surface area contributed by atoms with E-state index < -0.39 is 0 Å². The van der Waals surface area contributed by atoms with Crippen LogP contribution in [0.25, 0.3) is 0 Å². The van der Waals surface area contributed by atoms with Crippen molar-refractivity contribution in [3.63, 3.8) is 0 Å². The predicted molar refractivity (Wildman–Crippen MR) is 62.0 cm³/mol. The summed E-state index contributed by atoms with van der Waals surface area (Å²) in [6, 6.07) is 0. The second-order valence-corrected chi connectivity index (χ2v) is 5.08. The molecule has 3 nitrogen and oxygen atoms in total. The van der Waals surface area contributed by atoms with Crippen molar-refractivity contribution in [1.29, 1.82) is 0 Å². The number of ether oxygens (including phenoxy) is 1. The highest BCUT2D eigenvalue weighted by molar-refractivity contribution is 7.09. The summed E-state index contributed by atoms with van der Waals surface area (Å²) in [5.41, 5.74) is 6.48. The van der Waals surface area contributed by atoms with Gasteiger partial charge in [0.25, 0.3) is 0 Å². The monoisotopic (exact) mass is 226 g/mol. The lowest BCUT2D eigenvalue weighted by atomic mass is 9.97. The van der Waals surface area contributed by atoms with Crippen LogP contribution < -0.4 is 5.73 Å². The molecule has 1 aromatic heterocycles. The lowest BCUT2D eigenvalue weighted by Crippen LogP contribution is -2.30. The van der Waals surface area contributed by atoms with Gasteiger partial charge in [0.1, 0.15) is 10.6 Å². The van der Waals surface area contributed by atoms with Crippen molar-refractivity contribution >= 4 is 11.3 Å². The molecule has 0 saturated carbocycles. The number of hydrogen-bond donors (Lipinski definition) is 1. The minimum atomic E-state index is -0.143. The Bertz CT molecular complexity index is 318. The number of aromatic nitrogens is 1. The van der Waals surface area contributed by atoms with Crippen LogP contribution in [0.2, 0.25) is 0 Å². The van der Waals surface area contributed by atoms with Crippen LogP contribution in [0.3, 0.4) is 0 Å². The van der Waals surface area contributed by atoms with Crippen LogP contribution in [0.15, 0.2) is 5.38 Å². The van der Waals surface area contributed by atoms with Crippen molar-refractivity contribution in [3.8, 4) is 0 Å². The standard InChI is InChI=1S/C11H18N2OS/c1-11(5-2-3-7-14-11)10-13-9(4-6-12)8-15-10/h8H,2-7,12H2,1H3. The second kappa shape index (κ2) is 4.60. The minimum Gasteiger partial charge on any atom is -0.368 e. The molecular weight excluding hydrogens is 208 g/mol. The van der Waals surface area contributed by atoms with Crippen molar-refractivity contribution in [3.05, 3.63) is 16.1 Å². The third kappa shape index (κ3) is 2.38. The first-order valence-electron chi connectivity index (χ1n) is 5.53. The van der Waals surface area contributed by atoms with E-state index in [1.165, 1.54) is 12.8 Å². The summed E-state index contributed by atoms with van der Waals surface area (Å²) in [7, 11) is 0. The Morgan fingerprint density at radius 2 is 2.47 bits per heavy atom. The highest BCUT2D eigenvalue weighted by Crippen LogP contribution is 2.36. The number of nitrogens with zero attached hydrogens (tertiary/aromatic N) is 1. The van der Waals surface area contributed by atoms with Crippen LogP contribution in [0.1, 0.15) is 36.9 Å². The third-order valence-electron chi connectivity index (χ3n) is 2.87. The van der Waals surface area contributed by atoms with E-state index in [-0.39, 0.29) is 5.60 Å². The summed E-state index contributed by atoms with van der Waals surface area (Å²) in [6.45, 7) is 3.68. The molecule has 1 atom stereocenters. The van der Waals surface area contributed by atoms with Crippen LogP contribution in [-0.2, 0) is 16.8 Å². The van der Waals surface area contributed by atoms with Gasteiger partial charge in [-0.25, -0.2) is 4.98 Å². The van der Waals surface area contributed by atoms with Gasteiger partial charge < -0.3 is 10.5 Å². The molecule has 4 heteroatoms. The smallest absolute Gasteiger partial charge is 0.125 e. The van der Waals surface area contributed by atoms with Crippen LogP contribution in [0, 0.1) is 0 Å². The molecule has 84 valence electrons. The molecule has 0 bridgehead atoms. The minimum absolute atomic E-state index is 0.143. The number of nitrogens with two attached hydrogens (primary N) is 1. The van der Waals surface area contributed by atoms with Gasteiger partial charge in [0, 0.05) is 18.4 Å². The molecule has 1 aliphatic heterocycles. The van der Waals surface area contributed by atoms with Crippen molar-refractivity contribution in [2.45, 2.75) is 38.2 Å². The van der Waals surface area contributed by atoms with Gasteiger partial charge in [0.2, 0.25) is 0 Å². The molecule has 15 heavy (non-hydrogen) atoms. The maximum absolute atomic E-state index is 5.86. The fourth-order valence-electron chi connectivity index (χ4n) is 1.92. The largest absolute Gasteiger partial charge is 0.368 e. The third-order valence-corrected chi connectivity index (χ3v) is 4.01. The molecule has 0 aromatic carbocycles. The summed E-state index contributed by atoms with van der Waals surface area (Å²) >= 11 is 1.70. The van der Waals surface area contributed by atoms with Gasteiger partial charge in [-0.15, -0.1) is 11.3 Å². The SMILES string of the molecule is CC1(c2nc(CCN)cs2)CCCCO1. The van der Waals surface area contributed by atoms with E-state index in [1.54, 1.807) is 11.3 Å². The topological polar surface area (TPSA) is 48.1 Å². The van der Waals surface area contributed by atoms with Crippen molar-refractivity contribution < 1.29 is 4.74 Å². The second-order valence-electron chi connectivity index (χ2n) is 4.22. The highest BCUT2D eigenvalue weighted by atomic mass is 32.1. The fraction of sp³-hybridized carbons (Fsp3) is 0.727. The molecule has 0 spiro atoms. The van der Waals surface area contributed by atoms with Crippen LogP contribution in [-0.4, -0.2) is 18.1 Å². The maximum Gasteiger partial charge on any atom is 0.125 e. The molecule has 0 amide bonds. The summed E-state index contributed by atoms with van der Waals surface area (Å²) in [5.74, 6) is 0. The van der Waals surface area contributed by atoms with E-state index in [9.17, 15) is 0 Å². The van der Waals surface area contributed by atoms with Gasteiger partial charge in [-0.1, -0.05) is 0 Å². The van der Waals surface area contributed by atoms with E-state index in [1.807, 2.05) is 0 Å². The van der Waals surface area contributed by atoms with Crippen LogP contribution in [0.4, 0.5) is 0 Å². The van der Waals surface area contributed by atoms with Gasteiger partial charge in [-0.2, -0.15) is 0 Å². The van der Waals surface area contributed by atoms with Gasteiger partial charge in [0.15, 0.2) is 0 Å². The predicted octanol–water partition coefficient (Wildman–Crippen LogP) is 2.06. The number of rotatable bonds is 3. The molecule has 1 aromatic rings. The molecule has 0 radical (unpaired) electrons. The van der Waals surface area contributed by atoms with Crippen LogP contribution in [0.5, 0.6) is 0 Å². The molecule has 1 saturated heterocycles. The average Bonchev–Trinajstić information content (AvgIpc) is 2.69. The Labute approximate surface area is 94.7 Å². The molecule has 1 aliphatic rings. The Morgan fingerprint density at radius 3 is 3.13 bits per heavy atom. The molecular formula is C11H18N2OS. The number of thiazole rings is 1.